The molecule has 0 aliphatic carbocycles. The van der Waals surface area contributed by atoms with Crippen LogP contribution < -0.4 is 11.1 Å². The Bertz CT molecular complexity index is 883. The van der Waals surface area contributed by atoms with E-state index in [1.807, 2.05) is 0 Å². The van der Waals surface area contributed by atoms with Gasteiger partial charge in [-0.3, -0.25) is 14.4 Å². The molecule has 3 rings (SSSR count). The van der Waals surface area contributed by atoms with Crippen molar-refractivity contribution in [1.29, 1.82) is 0 Å². The zero-order chi connectivity index (χ0) is 20.1. The zero-order valence-electron chi connectivity index (χ0n) is 15.4. The second kappa shape index (κ2) is 8.89. The summed E-state index contributed by atoms with van der Waals surface area (Å²) < 4.78 is 0. The van der Waals surface area contributed by atoms with Gasteiger partial charge >= 0.3 is 0 Å². The van der Waals surface area contributed by atoms with Gasteiger partial charge in [0.05, 0.1) is 12.3 Å². The van der Waals surface area contributed by atoms with E-state index in [2.05, 4.69) is 5.32 Å². The number of piperidine rings is 1. The summed E-state index contributed by atoms with van der Waals surface area (Å²) in [6, 6.07) is 13.8. The van der Waals surface area contributed by atoms with Crippen molar-refractivity contribution >= 4 is 35.0 Å². The third-order valence-corrected chi connectivity index (χ3v) is 5.06. The molecule has 7 heteroatoms. The van der Waals surface area contributed by atoms with E-state index in [1.54, 1.807) is 53.4 Å². The number of halogens is 1. The maximum Gasteiger partial charge on any atom is 0.253 e. The molecule has 0 bridgehead atoms. The first-order chi connectivity index (χ1) is 13.4. The van der Waals surface area contributed by atoms with Crippen molar-refractivity contribution in [2.75, 3.05) is 18.4 Å². The molecule has 1 aliphatic heterocycles. The van der Waals surface area contributed by atoms with Crippen molar-refractivity contribution in [2.45, 2.75) is 19.3 Å². The topological polar surface area (TPSA) is 92.5 Å². The summed E-state index contributed by atoms with van der Waals surface area (Å²) in [5.41, 5.74) is 7.08. The maximum atomic E-state index is 12.8. The van der Waals surface area contributed by atoms with Crippen LogP contribution in [0.25, 0.3) is 0 Å². The van der Waals surface area contributed by atoms with E-state index in [9.17, 15) is 14.4 Å². The number of carbonyl (C=O) groups is 3. The van der Waals surface area contributed by atoms with Gasteiger partial charge in [-0.25, -0.2) is 0 Å². The van der Waals surface area contributed by atoms with E-state index in [4.69, 9.17) is 17.3 Å². The molecule has 1 aliphatic rings. The highest BCUT2D eigenvalue weighted by atomic mass is 35.5. The number of amides is 3. The monoisotopic (exact) mass is 399 g/mol. The highest BCUT2D eigenvalue weighted by molar-refractivity contribution is 6.30. The zero-order valence-corrected chi connectivity index (χ0v) is 16.1. The van der Waals surface area contributed by atoms with Crippen LogP contribution >= 0.6 is 11.6 Å². The number of nitrogens with zero attached hydrogens (tertiary/aromatic N) is 1. The molecule has 1 atom stereocenters. The Morgan fingerprint density at radius 1 is 1.11 bits per heavy atom. The molecule has 0 aromatic heterocycles. The predicted octanol–water partition coefficient (Wildman–Crippen LogP) is 2.86. The van der Waals surface area contributed by atoms with Gasteiger partial charge in [-0.1, -0.05) is 29.8 Å². The van der Waals surface area contributed by atoms with Crippen LogP contribution in [0.2, 0.25) is 5.02 Å². The van der Waals surface area contributed by atoms with E-state index in [-0.39, 0.29) is 24.2 Å². The van der Waals surface area contributed by atoms with Gasteiger partial charge in [-0.15, -0.1) is 0 Å². The molecule has 3 amide bonds. The number of carbonyl (C=O) groups excluding carboxylic acids is 3. The van der Waals surface area contributed by atoms with Gasteiger partial charge in [0.15, 0.2) is 0 Å². The van der Waals surface area contributed by atoms with Crippen LogP contribution in [0.1, 0.15) is 28.8 Å². The summed E-state index contributed by atoms with van der Waals surface area (Å²) in [4.78, 5) is 38.4. The molecule has 3 N–H and O–H groups in total. The van der Waals surface area contributed by atoms with Crippen LogP contribution in [0.5, 0.6) is 0 Å². The lowest BCUT2D eigenvalue weighted by Crippen LogP contribution is -2.43. The van der Waals surface area contributed by atoms with Gasteiger partial charge < -0.3 is 16.0 Å². The SMILES string of the molecule is NC(=O)Cc1ccccc1NC(=O)C1CCCN(C(=O)c2ccc(Cl)cc2)C1. The van der Waals surface area contributed by atoms with Gasteiger partial charge in [0, 0.05) is 29.4 Å². The molecule has 0 radical (unpaired) electrons. The lowest BCUT2D eigenvalue weighted by atomic mass is 9.96. The smallest absolute Gasteiger partial charge is 0.253 e. The first-order valence-electron chi connectivity index (χ1n) is 9.16. The molecule has 1 heterocycles. The Labute approximate surface area is 168 Å². The van der Waals surface area contributed by atoms with Crippen LogP contribution in [0, 0.1) is 5.92 Å². The third-order valence-electron chi connectivity index (χ3n) is 4.81. The minimum Gasteiger partial charge on any atom is -0.369 e. The molecular formula is C21H22ClN3O3. The Hall–Kier alpha value is -2.86. The number of nitrogens with two attached hydrogens (primary N) is 1. The Morgan fingerprint density at radius 3 is 2.54 bits per heavy atom. The van der Waals surface area contributed by atoms with Crippen LogP contribution in [-0.2, 0) is 16.0 Å². The summed E-state index contributed by atoms with van der Waals surface area (Å²) in [6.45, 7) is 0.967. The molecule has 28 heavy (non-hydrogen) atoms. The Morgan fingerprint density at radius 2 is 1.82 bits per heavy atom. The predicted molar refractivity (Wildman–Crippen MR) is 108 cm³/mol. The number of primary amides is 1. The quantitative estimate of drug-likeness (QED) is 0.809. The number of nitrogens with one attached hydrogen (secondary N) is 1. The summed E-state index contributed by atoms with van der Waals surface area (Å²) in [7, 11) is 0. The number of likely N-dealkylation sites (tertiary alicyclic amines) is 1. The molecule has 1 saturated heterocycles. The van der Waals surface area contributed by atoms with Gasteiger partial charge in [0.25, 0.3) is 5.91 Å². The average Bonchev–Trinajstić information content (AvgIpc) is 2.69. The van der Waals surface area contributed by atoms with Crippen molar-refractivity contribution < 1.29 is 14.4 Å². The Kier molecular flexibility index (Phi) is 6.31. The molecule has 2 aromatic carbocycles. The fourth-order valence-electron chi connectivity index (χ4n) is 3.37. The third kappa shape index (κ3) is 4.89. The number of hydrogen-bond donors (Lipinski definition) is 2. The number of hydrogen-bond acceptors (Lipinski definition) is 3. The van der Waals surface area contributed by atoms with E-state index >= 15 is 0 Å². The van der Waals surface area contributed by atoms with Gasteiger partial charge in [0.2, 0.25) is 11.8 Å². The fourth-order valence-corrected chi connectivity index (χ4v) is 3.50. The van der Waals surface area contributed by atoms with Gasteiger partial charge in [-0.05, 0) is 48.7 Å². The average molecular weight is 400 g/mol. The first kappa shape index (κ1) is 19.9. The second-order valence-electron chi connectivity index (χ2n) is 6.89. The lowest BCUT2D eigenvalue weighted by Gasteiger charge is -2.32. The molecular weight excluding hydrogens is 378 g/mol. The first-order valence-corrected chi connectivity index (χ1v) is 9.54. The summed E-state index contributed by atoms with van der Waals surface area (Å²) in [6.07, 6.45) is 1.51. The van der Waals surface area contributed by atoms with Crippen molar-refractivity contribution in [1.82, 2.24) is 4.90 Å². The Balaban J connectivity index is 1.67. The van der Waals surface area contributed by atoms with E-state index in [1.165, 1.54) is 0 Å². The molecule has 0 spiro atoms. The fraction of sp³-hybridized carbons (Fsp3) is 0.286. The van der Waals surface area contributed by atoms with E-state index in [0.717, 1.165) is 6.42 Å². The van der Waals surface area contributed by atoms with E-state index < -0.39 is 5.91 Å². The number of anilines is 1. The van der Waals surface area contributed by atoms with Crippen LogP contribution in [0.15, 0.2) is 48.5 Å². The van der Waals surface area contributed by atoms with Crippen molar-refractivity contribution in [2.24, 2.45) is 11.7 Å². The van der Waals surface area contributed by atoms with Crippen molar-refractivity contribution in [3.05, 3.63) is 64.7 Å². The highest BCUT2D eigenvalue weighted by Gasteiger charge is 2.29. The van der Waals surface area contributed by atoms with Crippen molar-refractivity contribution in [3.63, 3.8) is 0 Å². The molecule has 0 saturated carbocycles. The van der Waals surface area contributed by atoms with Crippen LogP contribution in [0.3, 0.4) is 0 Å². The molecule has 2 aromatic rings. The van der Waals surface area contributed by atoms with Crippen LogP contribution in [-0.4, -0.2) is 35.7 Å². The maximum absolute atomic E-state index is 12.8. The number of rotatable bonds is 5. The minimum atomic E-state index is -0.459. The lowest BCUT2D eigenvalue weighted by molar-refractivity contribution is -0.121. The van der Waals surface area contributed by atoms with Crippen LogP contribution in [0.4, 0.5) is 5.69 Å². The second-order valence-corrected chi connectivity index (χ2v) is 7.32. The number of para-hydroxylation sites is 1. The van der Waals surface area contributed by atoms with Gasteiger partial charge in [0.1, 0.15) is 0 Å². The number of benzene rings is 2. The normalized spacial score (nSPS) is 16.5. The van der Waals surface area contributed by atoms with Crippen molar-refractivity contribution in [3.8, 4) is 0 Å². The molecule has 1 unspecified atom stereocenters. The summed E-state index contributed by atoms with van der Waals surface area (Å²) >= 11 is 5.88. The highest BCUT2D eigenvalue weighted by Crippen LogP contribution is 2.23. The summed E-state index contributed by atoms with van der Waals surface area (Å²) in [5.74, 6) is -1.04. The molecule has 146 valence electrons. The molecule has 1 fully saturated rings. The molecule has 6 nitrogen and oxygen atoms in total. The largest absolute Gasteiger partial charge is 0.369 e. The summed E-state index contributed by atoms with van der Waals surface area (Å²) in [5, 5.41) is 3.46. The van der Waals surface area contributed by atoms with E-state index in [0.29, 0.717) is 41.3 Å². The standard InChI is InChI=1S/C21H22ClN3O3/c22-17-9-7-14(8-10-17)21(28)25-11-3-5-16(13-25)20(27)24-18-6-2-1-4-15(18)12-19(23)26/h1-2,4,6-10,16H,3,5,11-13H2,(H2,23,26)(H,24,27). The van der Waals surface area contributed by atoms with Gasteiger partial charge in [-0.2, -0.15) is 0 Å². The minimum absolute atomic E-state index is 0.0578.